The fourth-order valence-corrected chi connectivity index (χ4v) is 2.55. The number of thiazole rings is 1. The second kappa shape index (κ2) is 7.16. The van der Waals surface area contributed by atoms with Crippen LogP contribution >= 0.6 is 11.3 Å². The minimum absolute atomic E-state index is 0.0700. The lowest BCUT2D eigenvalue weighted by atomic mass is 10.0. The Morgan fingerprint density at radius 2 is 2.24 bits per heavy atom. The zero-order chi connectivity index (χ0) is 15.2. The number of ether oxygens (including phenoxy) is 2. The molecule has 0 atom stereocenters. The van der Waals surface area contributed by atoms with Gasteiger partial charge >= 0.3 is 0 Å². The first kappa shape index (κ1) is 15.4. The molecule has 0 bridgehead atoms. The number of benzene rings is 1. The highest BCUT2D eigenvalue weighted by atomic mass is 32.1. The number of aromatic nitrogens is 1. The molecule has 1 amide bonds. The molecule has 0 saturated carbocycles. The van der Waals surface area contributed by atoms with E-state index >= 15 is 0 Å². The maximum Gasteiger partial charge on any atom is 0.252 e. The molecule has 0 spiro atoms. The number of phenols is 1. The molecule has 0 aliphatic carbocycles. The molecule has 0 radical (unpaired) electrons. The van der Waals surface area contributed by atoms with E-state index in [1.165, 1.54) is 17.4 Å². The van der Waals surface area contributed by atoms with E-state index in [2.05, 4.69) is 4.98 Å². The highest BCUT2D eigenvalue weighted by Crippen LogP contribution is 2.34. The lowest BCUT2D eigenvalue weighted by molar-refractivity contribution is 0.0609. The third-order valence-electron chi connectivity index (χ3n) is 2.89. The Morgan fingerprint density at radius 1 is 1.43 bits per heavy atom. The highest BCUT2D eigenvalue weighted by Gasteiger charge is 2.18. The molecule has 0 unspecified atom stereocenters. The Hall–Kier alpha value is -1.96. The average molecular weight is 308 g/mol. The van der Waals surface area contributed by atoms with Gasteiger partial charge in [0.25, 0.3) is 5.91 Å². The summed E-state index contributed by atoms with van der Waals surface area (Å²) in [6.07, 6.45) is 1.68. The lowest BCUT2D eigenvalue weighted by Gasteiger charge is -2.13. The van der Waals surface area contributed by atoms with Crippen LogP contribution in [0.1, 0.15) is 15.9 Å². The highest BCUT2D eigenvalue weighted by molar-refractivity contribution is 7.13. The largest absolute Gasteiger partial charge is 0.507 e. The molecule has 1 aromatic carbocycles. The van der Waals surface area contributed by atoms with Gasteiger partial charge in [0, 0.05) is 29.8 Å². The van der Waals surface area contributed by atoms with Crippen LogP contribution < -0.4 is 5.73 Å². The Labute approximate surface area is 126 Å². The predicted molar refractivity (Wildman–Crippen MR) is 79.3 cm³/mol. The van der Waals surface area contributed by atoms with Gasteiger partial charge in [-0.3, -0.25) is 4.79 Å². The fraction of sp³-hybridized carbons (Fsp3) is 0.286. The van der Waals surface area contributed by atoms with E-state index in [0.29, 0.717) is 18.8 Å². The van der Waals surface area contributed by atoms with Gasteiger partial charge < -0.3 is 20.3 Å². The number of amides is 1. The second-order valence-electron chi connectivity index (χ2n) is 4.23. The van der Waals surface area contributed by atoms with Gasteiger partial charge in [-0.05, 0) is 6.07 Å². The number of methoxy groups -OCH3 is 1. The van der Waals surface area contributed by atoms with Gasteiger partial charge in [0.15, 0.2) is 0 Å². The lowest BCUT2D eigenvalue weighted by Crippen LogP contribution is -2.12. The first-order valence-electron chi connectivity index (χ1n) is 6.26. The van der Waals surface area contributed by atoms with Crippen molar-refractivity contribution < 1.29 is 19.4 Å². The smallest absolute Gasteiger partial charge is 0.252 e. The summed E-state index contributed by atoms with van der Waals surface area (Å²) < 4.78 is 10.4. The molecule has 0 fully saturated rings. The van der Waals surface area contributed by atoms with E-state index in [-0.39, 0.29) is 17.9 Å². The first-order chi connectivity index (χ1) is 10.1. The molecule has 2 rings (SSSR count). The van der Waals surface area contributed by atoms with Crippen molar-refractivity contribution in [3.05, 3.63) is 34.8 Å². The number of carbonyl (C=O) groups excluding carboxylic acids is 1. The normalized spacial score (nSPS) is 10.7. The zero-order valence-electron chi connectivity index (χ0n) is 11.5. The summed E-state index contributed by atoms with van der Waals surface area (Å²) in [5, 5.41) is 12.8. The fourth-order valence-electron chi connectivity index (χ4n) is 1.85. The molecule has 1 aromatic heterocycles. The summed E-state index contributed by atoms with van der Waals surface area (Å²) >= 11 is 1.44. The molecule has 7 heteroatoms. The molecule has 6 nitrogen and oxygen atoms in total. The van der Waals surface area contributed by atoms with Crippen LogP contribution in [0.5, 0.6) is 5.75 Å². The summed E-state index contributed by atoms with van der Waals surface area (Å²) in [5.74, 6) is -0.844. The van der Waals surface area contributed by atoms with Crippen LogP contribution in [0.3, 0.4) is 0 Å². The van der Waals surface area contributed by atoms with Crippen LogP contribution in [0.2, 0.25) is 0 Å². The Kier molecular flexibility index (Phi) is 5.26. The molecule has 0 saturated heterocycles. The van der Waals surface area contributed by atoms with Crippen LogP contribution in [0.15, 0.2) is 23.7 Å². The van der Waals surface area contributed by atoms with Crippen molar-refractivity contribution in [1.29, 1.82) is 0 Å². The van der Waals surface area contributed by atoms with E-state index in [4.69, 9.17) is 15.2 Å². The second-order valence-corrected chi connectivity index (χ2v) is 5.13. The molecular formula is C14H16N2O4S. The maximum atomic E-state index is 11.3. The van der Waals surface area contributed by atoms with Crippen molar-refractivity contribution in [3.63, 3.8) is 0 Å². The molecular weight excluding hydrogens is 292 g/mol. The van der Waals surface area contributed by atoms with E-state index in [9.17, 15) is 9.90 Å². The number of aromatic hydroxyl groups is 1. The summed E-state index contributed by atoms with van der Waals surface area (Å²) in [4.78, 5) is 15.6. The average Bonchev–Trinajstić information content (AvgIpc) is 2.98. The third kappa shape index (κ3) is 3.57. The summed E-state index contributed by atoms with van der Waals surface area (Å²) in [7, 11) is 1.58. The number of hydrogen-bond acceptors (Lipinski definition) is 6. The minimum Gasteiger partial charge on any atom is -0.507 e. The van der Waals surface area contributed by atoms with Crippen molar-refractivity contribution in [2.75, 3.05) is 20.3 Å². The molecule has 21 heavy (non-hydrogen) atoms. The summed E-state index contributed by atoms with van der Waals surface area (Å²) in [6, 6.07) is 3.21. The van der Waals surface area contributed by atoms with Gasteiger partial charge in [0.1, 0.15) is 10.8 Å². The number of nitrogens with two attached hydrogens (primary N) is 1. The molecule has 0 aliphatic heterocycles. The van der Waals surface area contributed by atoms with Crippen molar-refractivity contribution in [3.8, 4) is 16.3 Å². The standard InChI is InChI=1S/C14H16N2O4S/c1-19-5-6-20-8-11-9(14-16-4-7-21-14)2-3-10(12(11)17)13(15)18/h2-4,7,17H,5-6,8H2,1H3,(H2,15,18). The number of nitrogens with zero attached hydrogens (tertiary/aromatic N) is 1. The van der Waals surface area contributed by atoms with E-state index in [0.717, 1.165) is 10.6 Å². The van der Waals surface area contributed by atoms with Gasteiger partial charge in [-0.15, -0.1) is 11.3 Å². The monoisotopic (exact) mass is 308 g/mol. The molecule has 112 valence electrons. The van der Waals surface area contributed by atoms with Gasteiger partial charge in [-0.1, -0.05) is 6.07 Å². The van der Waals surface area contributed by atoms with E-state index in [1.54, 1.807) is 19.4 Å². The van der Waals surface area contributed by atoms with E-state index in [1.807, 2.05) is 5.38 Å². The van der Waals surface area contributed by atoms with Gasteiger partial charge in [0.2, 0.25) is 0 Å². The molecule has 3 N–H and O–H groups in total. The Bertz CT molecular complexity index is 614. The molecule has 0 aliphatic rings. The van der Waals surface area contributed by atoms with Crippen molar-refractivity contribution in [1.82, 2.24) is 4.98 Å². The first-order valence-corrected chi connectivity index (χ1v) is 7.14. The van der Waals surface area contributed by atoms with E-state index < -0.39 is 5.91 Å². The third-order valence-corrected chi connectivity index (χ3v) is 3.70. The maximum absolute atomic E-state index is 11.3. The Balaban J connectivity index is 2.36. The van der Waals surface area contributed by atoms with Gasteiger partial charge in [-0.2, -0.15) is 0 Å². The zero-order valence-corrected chi connectivity index (χ0v) is 12.4. The number of rotatable bonds is 7. The topological polar surface area (TPSA) is 94.7 Å². The van der Waals surface area contributed by atoms with Crippen LogP contribution in [-0.2, 0) is 16.1 Å². The van der Waals surface area contributed by atoms with Crippen LogP contribution in [-0.4, -0.2) is 36.3 Å². The van der Waals surface area contributed by atoms with Gasteiger partial charge in [-0.25, -0.2) is 4.98 Å². The number of primary amides is 1. The van der Waals surface area contributed by atoms with Crippen molar-refractivity contribution in [2.45, 2.75) is 6.61 Å². The predicted octanol–water partition coefficient (Wildman–Crippen LogP) is 1.78. The van der Waals surface area contributed by atoms with Crippen LogP contribution in [0.25, 0.3) is 10.6 Å². The molecule has 2 aromatic rings. The van der Waals surface area contributed by atoms with Crippen LogP contribution in [0, 0.1) is 0 Å². The van der Waals surface area contributed by atoms with Crippen molar-refractivity contribution in [2.24, 2.45) is 5.73 Å². The SMILES string of the molecule is COCCOCc1c(-c2nccs2)ccc(C(N)=O)c1O. The minimum atomic E-state index is -0.684. The summed E-state index contributed by atoms with van der Waals surface area (Å²) in [5.41, 5.74) is 6.55. The van der Waals surface area contributed by atoms with Gasteiger partial charge in [0.05, 0.1) is 25.4 Å². The van der Waals surface area contributed by atoms with Crippen LogP contribution in [0.4, 0.5) is 0 Å². The Morgan fingerprint density at radius 3 is 2.86 bits per heavy atom. The summed E-state index contributed by atoms with van der Waals surface area (Å²) in [6.45, 7) is 0.974. The number of hydrogen-bond donors (Lipinski definition) is 2. The molecule has 1 heterocycles. The number of carbonyl (C=O) groups is 1. The van der Waals surface area contributed by atoms with Crippen molar-refractivity contribution >= 4 is 17.2 Å². The quantitative estimate of drug-likeness (QED) is 0.760.